The fourth-order valence-electron chi connectivity index (χ4n) is 2.26. The van der Waals surface area contributed by atoms with E-state index in [-0.39, 0.29) is 0 Å². The molecule has 0 N–H and O–H groups in total. The third-order valence-corrected chi connectivity index (χ3v) is 3.44. The van der Waals surface area contributed by atoms with Gasteiger partial charge in [-0.2, -0.15) is 13.2 Å². The topological polar surface area (TPSA) is 25.8 Å². The van der Waals surface area contributed by atoms with Gasteiger partial charge in [0.05, 0.1) is 11.1 Å². The van der Waals surface area contributed by atoms with Crippen molar-refractivity contribution in [2.24, 2.45) is 0 Å². The van der Waals surface area contributed by atoms with Gasteiger partial charge < -0.3 is 0 Å². The minimum Gasteiger partial charge on any atom is -0.241 e. The summed E-state index contributed by atoms with van der Waals surface area (Å²) >= 11 is 0. The van der Waals surface area contributed by atoms with Gasteiger partial charge in [-0.3, -0.25) is 0 Å². The highest BCUT2D eigenvalue weighted by atomic mass is 19.4. The first kappa shape index (κ1) is 14.5. The molecule has 2 aromatic carbocycles. The minimum atomic E-state index is -4.36. The molecule has 0 unspecified atom stereocenters. The molecule has 3 rings (SSSR count). The highest BCUT2D eigenvalue weighted by molar-refractivity contribution is 5.78. The first-order valence-electron chi connectivity index (χ1n) is 6.89. The second-order valence-electron chi connectivity index (χ2n) is 5.04. The Morgan fingerprint density at radius 3 is 2.41 bits per heavy atom. The van der Waals surface area contributed by atoms with Gasteiger partial charge >= 0.3 is 6.18 Å². The number of rotatable bonds is 3. The smallest absolute Gasteiger partial charge is 0.241 e. The minimum absolute atomic E-state index is 0.327. The number of halogens is 3. The Hall–Kier alpha value is -2.43. The van der Waals surface area contributed by atoms with Crippen LogP contribution >= 0.6 is 0 Å². The molecule has 1 aromatic heterocycles. The van der Waals surface area contributed by atoms with Gasteiger partial charge in [-0.1, -0.05) is 36.4 Å². The Kier molecular flexibility index (Phi) is 3.79. The number of benzene rings is 2. The van der Waals surface area contributed by atoms with Gasteiger partial charge in [-0.25, -0.2) is 9.97 Å². The molecule has 0 saturated heterocycles. The lowest BCUT2D eigenvalue weighted by atomic mass is 10.1. The van der Waals surface area contributed by atoms with Crippen molar-refractivity contribution in [3.8, 4) is 0 Å². The van der Waals surface area contributed by atoms with E-state index in [1.54, 1.807) is 6.20 Å². The van der Waals surface area contributed by atoms with Crippen molar-refractivity contribution >= 4 is 10.9 Å². The van der Waals surface area contributed by atoms with Crippen molar-refractivity contribution in [3.05, 3.63) is 71.7 Å². The Morgan fingerprint density at radius 2 is 1.68 bits per heavy atom. The van der Waals surface area contributed by atoms with Crippen LogP contribution in [0.15, 0.2) is 54.7 Å². The predicted octanol–water partition coefficient (Wildman–Crippen LogP) is 4.43. The third kappa shape index (κ3) is 3.24. The van der Waals surface area contributed by atoms with Crippen molar-refractivity contribution in [2.75, 3.05) is 0 Å². The number of fused-ring (bicyclic) bond motifs is 1. The molecule has 0 amide bonds. The van der Waals surface area contributed by atoms with Crippen molar-refractivity contribution in [1.82, 2.24) is 9.97 Å². The maximum atomic E-state index is 12.7. The van der Waals surface area contributed by atoms with Crippen LogP contribution in [0.4, 0.5) is 13.2 Å². The van der Waals surface area contributed by atoms with Gasteiger partial charge in [0.25, 0.3) is 0 Å². The second-order valence-corrected chi connectivity index (χ2v) is 5.04. The lowest BCUT2D eigenvalue weighted by Gasteiger charge is -2.08. The fourth-order valence-corrected chi connectivity index (χ4v) is 2.26. The lowest BCUT2D eigenvalue weighted by molar-refractivity contribution is -0.137. The first-order valence-corrected chi connectivity index (χ1v) is 6.89. The molecule has 0 aliphatic carbocycles. The molecule has 1 heterocycles. The van der Waals surface area contributed by atoms with E-state index >= 15 is 0 Å². The number of nitrogens with zero attached hydrogens (tertiary/aromatic N) is 2. The van der Waals surface area contributed by atoms with Gasteiger partial charge in [0.1, 0.15) is 5.82 Å². The molecule has 0 radical (unpaired) electrons. The van der Waals surface area contributed by atoms with Gasteiger partial charge in [0, 0.05) is 18.0 Å². The number of aromatic nitrogens is 2. The Labute approximate surface area is 125 Å². The molecule has 0 aliphatic rings. The van der Waals surface area contributed by atoms with Crippen LogP contribution < -0.4 is 0 Å². The Balaban J connectivity index is 1.85. The second kappa shape index (κ2) is 5.75. The van der Waals surface area contributed by atoms with Crippen molar-refractivity contribution in [3.63, 3.8) is 0 Å². The summed E-state index contributed by atoms with van der Waals surface area (Å²) < 4.78 is 38.2. The molecule has 0 spiro atoms. The van der Waals surface area contributed by atoms with Crippen LogP contribution in [0.1, 0.15) is 17.0 Å². The fraction of sp³-hybridized carbons (Fsp3) is 0.176. The maximum Gasteiger partial charge on any atom is 0.416 e. The van der Waals surface area contributed by atoms with Crippen LogP contribution in [0.25, 0.3) is 10.9 Å². The predicted molar refractivity (Wildman–Crippen MR) is 78.4 cm³/mol. The van der Waals surface area contributed by atoms with Gasteiger partial charge in [-0.05, 0) is 24.1 Å². The summed E-state index contributed by atoms with van der Waals surface area (Å²) in [6.07, 6.45) is -1.44. The van der Waals surface area contributed by atoms with E-state index in [0.717, 1.165) is 24.1 Å². The van der Waals surface area contributed by atoms with Gasteiger partial charge in [0.2, 0.25) is 0 Å². The average molecular weight is 302 g/mol. The first-order chi connectivity index (χ1) is 10.5. The van der Waals surface area contributed by atoms with E-state index in [1.165, 1.54) is 6.07 Å². The zero-order chi connectivity index (χ0) is 15.6. The number of hydrogen-bond acceptors (Lipinski definition) is 2. The van der Waals surface area contributed by atoms with Crippen LogP contribution in [0.5, 0.6) is 0 Å². The Bertz CT molecular complexity index is 783. The van der Waals surface area contributed by atoms with Gasteiger partial charge in [-0.15, -0.1) is 0 Å². The number of hydrogen-bond donors (Lipinski definition) is 0. The molecule has 2 nitrogen and oxygen atoms in total. The summed E-state index contributed by atoms with van der Waals surface area (Å²) in [6.45, 7) is 0. The highest BCUT2D eigenvalue weighted by Crippen LogP contribution is 2.30. The number of aryl methyl sites for hydroxylation is 2. The van der Waals surface area contributed by atoms with Crippen LogP contribution in [0.2, 0.25) is 0 Å². The summed E-state index contributed by atoms with van der Waals surface area (Å²) in [5.74, 6) is 0.552. The van der Waals surface area contributed by atoms with E-state index in [2.05, 4.69) is 9.97 Å². The highest BCUT2D eigenvalue weighted by Gasteiger charge is 2.30. The van der Waals surface area contributed by atoms with E-state index in [4.69, 9.17) is 0 Å². The number of alkyl halides is 3. The summed E-state index contributed by atoms with van der Waals surface area (Å²) in [7, 11) is 0. The van der Waals surface area contributed by atoms with E-state index in [9.17, 15) is 13.2 Å². The quantitative estimate of drug-likeness (QED) is 0.715. The van der Waals surface area contributed by atoms with Crippen LogP contribution in [-0.4, -0.2) is 9.97 Å². The molecule has 3 aromatic rings. The standard InChI is InChI=1S/C17H13F3N2/c18-17(19,20)14-8-7-13-11-21-16(22-15(13)10-14)9-6-12-4-2-1-3-5-12/h1-5,7-8,10-11H,6,9H2. The summed E-state index contributed by atoms with van der Waals surface area (Å²) in [4.78, 5) is 8.47. The van der Waals surface area contributed by atoms with Crippen molar-refractivity contribution < 1.29 is 13.2 Å². The zero-order valence-electron chi connectivity index (χ0n) is 11.6. The molecular weight excluding hydrogens is 289 g/mol. The third-order valence-electron chi connectivity index (χ3n) is 3.44. The molecular formula is C17H13F3N2. The van der Waals surface area contributed by atoms with Crippen molar-refractivity contribution in [2.45, 2.75) is 19.0 Å². The van der Waals surface area contributed by atoms with Crippen molar-refractivity contribution in [1.29, 1.82) is 0 Å². The molecule has 0 bridgehead atoms. The molecule has 112 valence electrons. The summed E-state index contributed by atoms with van der Waals surface area (Å²) in [6, 6.07) is 13.4. The van der Waals surface area contributed by atoms with Crippen LogP contribution in [-0.2, 0) is 19.0 Å². The summed E-state index contributed by atoms with van der Waals surface area (Å²) in [5, 5.41) is 0.608. The normalized spacial score (nSPS) is 11.8. The van der Waals surface area contributed by atoms with Gasteiger partial charge in [0.15, 0.2) is 0 Å². The largest absolute Gasteiger partial charge is 0.416 e. The van der Waals surface area contributed by atoms with E-state index in [0.29, 0.717) is 23.1 Å². The Morgan fingerprint density at radius 1 is 0.909 bits per heavy atom. The molecule has 5 heteroatoms. The SMILES string of the molecule is FC(F)(F)c1ccc2cnc(CCc3ccccc3)nc2c1. The van der Waals surface area contributed by atoms with E-state index < -0.39 is 11.7 Å². The average Bonchev–Trinajstić information content (AvgIpc) is 2.52. The summed E-state index contributed by atoms with van der Waals surface area (Å²) in [5.41, 5.74) is 0.788. The monoisotopic (exact) mass is 302 g/mol. The molecule has 0 saturated carbocycles. The van der Waals surface area contributed by atoms with Crippen LogP contribution in [0.3, 0.4) is 0 Å². The molecule has 0 aliphatic heterocycles. The van der Waals surface area contributed by atoms with Crippen LogP contribution in [0, 0.1) is 0 Å². The molecule has 0 atom stereocenters. The molecule has 0 fully saturated rings. The lowest BCUT2D eigenvalue weighted by Crippen LogP contribution is -2.05. The zero-order valence-corrected chi connectivity index (χ0v) is 11.6. The molecule has 22 heavy (non-hydrogen) atoms. The van der Waals surface area contributed by atoms with E-state index in [1.807, 2.05) is 30.3 Å². The maximum absolute atomic E-state index is 12.7.